The molecule has 0 unspecified atom stereocenters. The maximum absolute atomic E-state index is 11.9. The zero-order valence-corrected chi connectivity index (χ0v) is 6.32. The monoisotopic (exact) mass is 197 g/mol. The van der Waals surface area contributed by atoms with Gasteiger partial charge in [-0.3, -0.25) is 0 Å². The largest absolute Gasteiger partial charge is 0.493 e. The maximum atomic E-state index is 11.9. The van der Waals surface area contributed by atoms with Gasteiger partial charge < -0.3 is 5.11 Å². The number of aromatic nitrogens is 1. The molecule has 0 radical (unpaired) electrons. The van der Waals surface area contributed by atoms with Crippen molar-refractivity contribution >= 4 is 11.6 Å². The number of alkyl halides is 3. The highest BCUT2D eigenvalue weighted by Crippen LogP contribution is 2.34. The second kappa shape index (κ2) is 2.82. The summed E-state index contributed by atoms with van der Waals surface area (Å²) >= 11 is 5.23. The Labute approximate surface area is 70.6 Å². The van der Waals surface area contributed by atoms with Crippen molar-refractivity contribution in [1.82, 2.24) is 4.98 Å². The van der Waals surface area contributed by atoms with Crippen LogP contribution in [0.25, 0.3) is 0 Å². The highest BCUT2D eigenvalue weighted by molar-refractivity contribution is 6.29. The van der Waals surface area contributed by atoms with Gasteiger partial charge in [0.2, 0.25) is 5.88 Å². The molecule has 1 aromatic rings. The van der Waals surface area contributed by atoms with Crippen LogP contribution in [-0.2, 0) is 6.18 Å². The van der Waals surface area contributed by atoms with E-state index in [1.165, 1.54) is 0 Å². The fraction of sp³-hybridized carbons (Fsp3) is 0.167. The summed E-state index contributed by atoms with van der Waals surface area (Å²) in [6, 6.07) is 1.63. The average Bonchev–Trinajstić information content (AvgIpc) is 1.83. The first-order valence-corrected chi connectivity index (χ1v) is 3.22. The van der Waals surface area contributed by atoms with E-state index in [0.717, 1.165) is 6.07 Å². The Balaban J connectivity index is 3.19. The maximum Gasteiger partial charge on any atom is 0.421 e. The minimum atomic E-state index is -4.60. The Bertz CT molecular complexity index is 299. The van der Waals surface area contributed by atoms with E-state index in [2.05, 4.69) is 4.98 Å². The van der Waals surface area contributed by atoms with Gasteiger partial charge in [-0.05, 0) is 12.1 Å². The van der Waals surface area contributed by atoms with Crippen LogP contribution in [0.15, 0.2) is 12.1 Å². The molecule has 6 heteroatoms. The van der Waals surface area contributed by atoms with Crippen LogP contribution >= 0.6 is 11.6 Å². The van der Waals surface area contributed by atoms with Crippen LogP contribution in [0.5, 0.6) is 5.88 Å². The van der Waals surface area contributed by atoms with Crippen molar-refractivity contribution in [3.05, 3.63) is 22.8 Å². The van der Waals surface area contributed by atoms with Crippen molar-refractivity contribution in [2.45, 2.75) is 6.18 Å². The van der Waals surface area contributed by atoms with Gasteiger partial charge in [-0.25, -0.2) is 4.98 Å². The van der Waals surface area contributed by atoms with Gasteiger partial charge in [0, 0.05) is 0 Å². The van der Waals surface area contributed by atoms with Crippen molar-refractivity contribution < 1.29 is 18.3 Å². The van der Waals surface area contributed by atoms with Crippen molar-refractivity contribution in [3.63, 3.8) is 0 Å². The molecule has 0 atom stereocenters. The molecule has 12 heavy (non-hydrogen) atoms. The summed E-state index contributed by atoms with van der Waals surface area (Å²) in [5.74, 6) is -1.10. The van der Waals surface area contributed by atoms with Gasteiger partial charge in [0.25, 0.3) is 0 Å². The molecule has 0 amide bonds. The SMILES string of the molecule is Oc1nc(Cl)ccc1C(F)(F)F. The highest BCUT2D eigenvalue weighted by Gasteiger charge is 2.34. The van der Waals surface area contributed by atoms with E-state index in [9.17, 15) is 13.2 Å². The van der Waals surface area contributed by atoms with Crippen LogP contribution < -0.4 is 0 Å². The van der Waals surface area contributed by atoms with E-state index in [1.807, 2.05) is 0 Å². The van der Waals surface area contributed by atoms with Gasteiger partial charge in [0.05, 0.1) is 0 Å². The average molecular weight is 198 g/mol. The predicted octanol–water partition coefficient (Wildman–Crippen LogP) is 2.46. The molecule has 0 saturated carbocycles. The van der Waals surface area contributed by atoms with E-state index in [-0.39, 0.29) is 5.15 Å². The van der Waals surface area contributed by atoms with E-state index in [4.69, 9.17) is 16.7 Å². The number of hydrogen-bond donors (Lipinski definition) is 1. The van der Waals surface area contributed by atoms with Crippen molar-refractivity contribution in [2.75, 3.05) is 0 Å². The van der Waals surface area contributed by atoms with Gasteiger partial charge >= 0.3 is 6.18 Å². The first kappa shape index (κ1) is 9.12. The van der Waals surface area contributed by atoms with Gasteiger partial charge in [0.1, 0.15) is 10.7 Å². The van der Waals surface area contributed by atoms with Crippen molar-refractivity contribution in [3.8, 4) is 5.88 Å². The van der Waals surface area contributed by atoms with E-state index < -0.39 is 17.6 Å². The minimum absolute atomic E-state index is 0.180. The van der Waals surface area contributed by atoms with Gasteiger partial charge in [-0.1, -0.05) is 11.6 Å². The lowest BCUT2D eigenvalue weighted by Gasteiger charge is -2.06. The summed E-state index contributed by atoms with van der Waals surface area (Å²) in [7, 11) is 0. The summed E-state index contributed by atoms with van der Waals surface area (Å²) in [6.45, 7) is 0. The number of halogens is 4. The van der Waals surface area contributed by atoms with Gasteiger partial charge in [-0.15, -0.1) is 0 Å². The number of rotatable bonds is 0. The molecule has 1 N–H and O–H groups in total. The molecular formula is C6H3ClF3NO. The number of nitrogens with zero attached hydrogens (tertiary/aromatic N) is 1. The normalized spacial score (nSPS) is 11.7. The lowest BCUT2D eigenvalue weighted by atomic mass is 10.3. The zero-order chi connectivity index (χ0) is 9.35. The molecule has 0 fully saturated rings. The Morgan fingerprint density at radius 1 is 1.33 bits per heavy atom. The van der Waals surface area contributed by atoms with Crippen molar-refractivity contribution in [1.29, 1.82) is 0 Å². The van der Waals surface area contributed by atoms with Crippen LogP contribution in [0.3, 0.4) is 0 Å². The molecule has 1 aromatic heterocycles. The summed E-state index contributed by atoms with van der Waals surface area (Å²) < 4.78 is 35.8. The Morgan fingerprint density at radius 3 is 2.33 bits per heavy atom. The topological polar surface area (TPSA) is 33.1 Å². The Morgan fingerprint density at radius 2 is 1.92 bits per heavy atom. The van der Waals surface area contributed by atoms with E-state index in [1.54, 1.807) is 0 Å². The van der Waals surface area contributed by atoms with Crippen LogP contribution in [0, 0.1) is 0 Å². The van der Waals surface area contributed by atoms with E-state index in [0.29, 0.717) is 6.07 Å². The van der Waals surface area contributed by atoms with Crippen LogP contribution in [0.2, 0.25) is 5.15 Å². The predicted molar refractivity (Wildman–Crippen MR) is 35.9 cm³/mol. The van der Waals surface area contributed by atoms with Crippen molar-refractivity contribution in [2.24, 2.45) is 0 Å². The standard InChI is InChI=1S/C6H3ClF3NO/c7-4-2-1-3(5(12)11-4)6(8,9)10/h1-2H,(H,11,12). The highest BCUT2D eigenvalue weighted by atomic mass is 35.5. The second-order valence-electron chi connectivity index (χ2n) is 2.00. The molecule has 0 aromatic carbocycles. The molecule has 0 aliphatic rings. The third kappa shape index (κ3) is 1.79. The summed E-state index contributed by atoms with van der Waals surface area (Å²) in [6.07, 6.45) is -4.60. The molecule has 2 nitrogen and oxygen atoms in total. The smallest absolute Gasteiger partial charge is 0.421 e. The number of hydrogen-bond acceptors (Lipinski definition) is 2. The first-order chi connectivity index (χ1) is 5.41. The fourth-order valence-electron chi connectivity index (χ4n) is 0.647. The second-order valence-corrected chi connectivity index (χ2v) is 2.39. The summed E-state index contributed by atoms with van der Waals surface area (Å²) in [5.41, 5.74) is -1.19. The van der Waals surface area contributed by atoms with Gasteiger partial charge in [-0.2, -0.15) is 13.2 Å². The Kier molecular flexibility index (Phi) is 2.14. The van der Waals surface area contributed by atoms with Crippen LogP contribution in [0.4, 0.5) is 13.2 Å². The Hall–Kier alpha value is -0.970. The number of pyridine rings is 1. The van der Waals surface area contributed by atoms with E-state index >= 15 is 0 Å². The van der Waals surface area contributed by atoms with Gasteiger partial charge in [0.15, 0.2) is 0 Å². The lowest BCUT2D eigenvalue weighted by molar-refractivity contribution is -0.139. The molecule has 1 heterocycles. The quantitative estimate of drug-likeness (QED) is 0.648. The molecule has 1 rings (SSSR count). The third-order valence-corrected chi connectivity index (χ3v) is 1.36. The summed E-state index contributed by atoms with van der Waals surface area (Å²) in [5, 5.41) is 8.53. The molecule has 0 saturated heterocycles. The number of aromatic hydroxyl groups is 1. The zero-order valence-electron chi connectivity index (χ0n) is 5.56. The lowest BCUT2D eigenvalue weighted by Crippen LogP contribution is -2.05. The fourth-order valence-corrected chi connectivity index (χ4v) is 0.790. The molecule has 0 aliphatic carbocycles. The molecule has 0 aliphatic heterocycles. The van der Waals surface area contributed by atoms with Crippen LogP contribution in [0.1, 0.15) is 5.56 Å². The van der Waals surface area contributed by atoms with Crippen LogP contribution in [-0.4, -0.2) is 10.1 Å². The summed E-state index contributed by atoms with van der Waals surface area (Å²) in [4.78, 5) is 3.04. The molecule has 66 valence electrons. The first-order valence-electron chi connectivity index (χ1n) is 2.84. The molecule has 0 bridgehead atoms. The molecule has 0 spiro atoms. The third-order valence-electron chi connectivity index (χ3n) is 1.15. The minimum Gasteiger partial charge on any atom is -0.493 e. The molecular weight excluding hydrogens is 195 g/mol.